The third kappa shape index (κ3) is 1.13. The molecule has 60 valence electrons. The molecule has 1 unspecified atom stereocenters. The Morgan fingerprint density at radius 3 is 2.45 bits per heavy atom. The van der Waals surface area contributed by atoms with E-state index in [1.54, 1.807) is 6.92 Å². The Bertz CT molecular complexity index is 205. The van der Waals surface area contributed by atoms with E-state index in [1.807, 2.05) is 0 Å². The molecule has 0 N–H and O–H groups in total. The maximum atomic E-state index is 11.2. The van der Waals surface area contributed by atoms with Crippen LogP contribution in [0, 0.1) is 17.8 Å². The predicted molar refractivity (Wildman–Crippen MR) is 44.1 cm³/mol. The Balaban J connectivity index is 2.17. The summed E-state index contributed by atoms with van der Waals surface area (Å²) < 4.78 is 0. The molecule has 1 saturated carbocycles. The van der Waals surface area contributed by atoms with Crippen molar-refractivity contribution in [3.05, 3.63) is 12.2 Å². The van der Waals surface area contributed by atoms with E-state index in [2.05, 4.69) is 12.2 Å². The van der Waals surface area contributed by atoms with Crippen molar-refractivity contribution >= 4 is 5.78 Å². The number of rotatable bonds is 1. The number of fused-ring (bicyclic) bond motifs is 2. The maximum Gasteiger partial charge on any atom is 0.133 e. The van der Waals surface area contributed by atoms with E-state index in [1.165, 1.54) is 12.8 Å². The molecule has 0 amide bonds. The molecular weight excluding hydrogens is 136 g/mol. The van der Waals surface area contributed by atoms with Crippen LogP contribution in [0.25, 0.3) is 0 Å². The highest BCUT2D eigenvalue weighted by molar-refractivity contribution is 5.79. The maximum absolute atomic E-state index is 11.2. The molecule has 11 heavy (non-hydrogen) atoms. The van der Waals surface area contributed by atoms with Gasteiger partial charge in [-0.3, -0.25) is 4.79 Å². The highest BCUT2D eigenvalue weighted by Gasteiger charge is 2.33. The fourth-order valence-corrected chi connectivity index (χ4v) is 2.40. The van der Waals surface area contributed by atoms with Crippen LogP contribution in [-0.2, 0) is 4.79 Å². The minimum atomic E-state index is 0.360. The zero-order valence-electron chi connectivity index (χ0n) is 6.92. The van der Waals surface area contributed by atoms with Crippen LogP contribution in [0.1, 0.15) is 26.2 Å². The van der Waals surface area contributed by atoms with Crippen LogP contribution in [0.5, 0.6) is 0 Å². The number of carbonyl (C=O) groups excluding carboxylic acids is 1. The first-order valence-corrected chi connectivity index (χ1v) is 4.46. The molecule has 3 aliphatic rings. The SMILES string of the molecule is CC(=O)C1C[C@H]2C=C[C@@H]1CC2. The van der Waals surface area contributed by atoms with E-state index in [4.69, 9.17) is 0 Å². The van der Waals surface area contributed by atoms with E-state index in [0.717, 1.165) is 6.42 Å². The van der Waals surface area contributed by atoms with Crippen molar-refractivity contribution in [2.75, 3.05) is 0 Å². The molecule has 0 aliphatic heterocycles. The minimum Gasteiger partial charge on any atom is -0.300 e. The number of allylic oxidation sites excluding steroid dienone is 2. The van der Waals surface area contributed by atoms with Crippen LogP contribution in [0.15, 0.2) is 12.2 Å². The molecule has 0 radical (unpaired) electrons. The first kappa shape index (κ1) is 7.08. The van der Waals surface area contributed by atoms with Gasteiger partial charge in [-0.25, -0.2) is 0 Å². The lowest BCUT2D eigenvalue weighted by atomic mass is 9.68. The minimum absolute atomic E-state index is 0.360. The third-order valence-corrected chi connectivity index (χ3v) is 3.10. The number of ketones is 1. The Hall–Kier alpha value is -0.590. The molecule has 0 aromatic rings. The molecule has 2 bridgehead atoms. The second kappa shape index (κ2) is 2.47. The molecule has 3 aliphatic carbocycles. The van der Waals surface area contributed by atoms with Gasteiger partial charge < -0.3 is 0 Å². The van der Waals surface area contributed by atoms with Crippen LogP contribution in [0.4, 0.5) is 0 Å². The summed E-state index contributed by atoms with van der Waals surface area (Å²) in [6.45, 7) is 1.74. The summed E-state index contributed by atoms with van der Waals surface area (Å²) in [6, 6.07) is 0. The van der Waals surface area contributed by atoms with Crippen molar-refractivity contribution < 1.29 is 4.79 Å². The average molecular weight is 150 g/mol. The number of hydrogen-bond acceptors (Lipinski definition) is 1. The number of Topliss-reactive ketones (excluding diaryl/α,β-unsaturated/α-hetero) is 1. The number of carbonyl (C=O) groups is 1. The van der Waals surface area contributed by atoms with Crippen LogP contribution in [0.3, 0.4) is 0 Å². The zero-order valence-corrected chi connectivity index (χ0v) is 6.92. The largest absolute Gasteiger partial charge is 0.300 e. The van der Waals surface area contributed by atoms with Gasteiger partial charge in [-0.15, -0.1) is 0 Å². The molecule has 0 heterocycles. The van der Waals surface area contributed by atoms with Gasteiger partial charge in [0.05, 0.1) is 0 Å². The van der Waals surface area contributed by atoms with Crippen molar-refractivity contribution in [2.24, 2.45) is 17.8 Å². The lowest BCUT2D eigenvalue weighted by molar-refractivity contribution is -0.123. The summed E-state index contributed by atoms with van der Waals surface area (Å²) in [5.41, 5.74) is 0. The molecule has 0 saturated heterocycles. The molecule has 1 fully saturated rings. The molecule has 1 heteroatoms. The standard InChI is InChI=1S/C10H14O/c1-7(11)10-6-8-2-4-9(10)5-3-8/h2,4,8-10H,3,5-6H2,1H3/t8-,9+,10?/m0/s1. The average Bonchev–Trinajstić information content (AvgIpc) is 2.06. The first-order chi connectivity index (χ1) is 5.27. The Morgan fingerprint density at radius 1 is 1.36 bits per heavy atom. The smallest absolute Gasteiger partial charge is 0.133 e. The second-order valence-electron chi connectivity index (χ2n) is 3.84. The summed E-state index contributed by atoms with van der Waals surface area (Å²) >= 11 is 0. The fraction of sp³-hybridized carbons (Fsp3) is 0.700. The predicted octanol–water partition coefficient (Wildman–Crippen LogP) is 2.18. The van der Waals surface area contributed by atoms with Crippen molar-refractivity contribution in [3.63, 3.8) is 0 Å². The molecule has 0 aromatic heterocycles. The molecule has 3 rings (SSSR count). The molecule has 3 atom stereocenters. The van der Waals surface area contributed by atoms with Crippen molar-refractivity contribution in [1.82, 2.24) is 0 Å². The van der Waals surface area contributed by atoms with E-state index in [-0.39, 0.29) is 0 Å². The summed E-state index contributed by atoms with van der Waals surface area (Å²) in [4.78, 5) is 11.2. The Kier molecular flexibility index (Phi) is 1.59. The van der Waals surface area contributed by atoms with Gasteiger partial charge >= 0.3 is 0 Å². The zero-order chi connectivity index (χ0) is 7.84. The molecular formula is C10H14O. The van der Waals surface area contributed by atoms with Gasteiger partial charge in [-0.1, -0.05) is 12.2 Å². The summed E-state index contributed by atoms with van der Waals surface area (Å²) in [5.74, 6) is 2.05. The first-order valence-electron chi connectivity index (χ1n) is 4.46. The van der Waals surface area contributed by atoms with Gasteiger partial charge in [-0.2, -0.15) is 0 Å². The van der Waals surface area contributed by atoms with Gasteiger partial charge in [0.2, 0.25) is 0 Å². The molecule has 0 spiro atoms. The van der Waals surface area contributed by atoms with E-state index in [0.29, 0.717) is 23.5 Å². The topological polar surface area (TPSA) is 17.1 Å². The van der Waals surface area contributed by atoms with Crippen LogP contribution in [0.2, 0.25) is 0 Å². The molecule has 1 nitrogen and oxygen atoms in total. The van der Waals surface area contributed by atoms with Gasteiger partial charge in [-0.05, 0) is 38.0 Å². The highest BCUT2D eigenvalue weighted by atomic mass is 16.1. The van der Waals surface area contributed by atoms with Gasteiger partial charge in [0.15, 0.2) is 0 Å². The van der Waals surface area contributed by atoms with Gasteiger partial charge in [0.1, 0.15) is 5.78 Å². The molecule has 0 aromatic carbocycles. The van der Waals surface area contributed by atoms with Crippen molar-refractivity contribution in [1.29, 1.82) is 0 Å². The van der Waals surface area contributed by atoms with E-state index < -0.39 is 0 Å². The number of hydrogen-bond donors (Lipinski definition) is 0. The van der Waals surface area contributed by atoms with Crippen molar-refractivity contribution in [2.45, 2.75) is 26.2 Å². The van der Waals surface area contributed by atoms with Crippen LogP contribution in [-0.4, -0.2) is 5.78 Å². The summed E-state index contributed by atoms with van der Waals surface area (Å²) in [7, 11) is 0. The quantitative estimate of drug-likeness (QED) is 0.523. The highest BCUT2D eigenvalue weighted by Crippen LogP contribution is 2.40. The van der Waals surface area contributed by atoms with E-state index >= 15 is 0 Å². The van der Waals surface area contributed by atoms with Crippen LogP contribution < -0.4 is 0 Å². The lowest BCUT2D eigenvalue weighted by Gasteiger charge is -2.36. The van der Waals surface area contributed by atoms with Crippen molar-refractivity contribution in [3.8, 4) is 0 Å². The second-order valence-corrected chi connectivity index (χ2v) is 3.84. The summed E-state index contributed by atoms with van der Waals surface area (Å²) in [6.07, 6.45) is 8.23. The van der Waals surface area contributed by atoms with Gasteiger partial charge in [0.25, 0.3) is 0 Å². The van der Waals surface area contributed by atoms with Gasteiger partial charge in [0, 0.05) is 5.92 Å². The summed E-state index contributed by atoms with van der Waals surface area (Å²) in [5, 5.41) is 0. The monoisotopic (exact) mass is 150 g/mol. The third-order valence-electron chi connectivity index (χ3n) is 3.10. The Morgan fingerprint density at radius 2 is 2.18 bits per heavy atom. The van der Waals surface area contributed by atoms with E-state index in [9.17, 15) is 4.79 Å². The fourth-order valence-electron chi connectivity index (χ4n) is 2.40. The normalized spacial score (nSPS) is 41.0. The van der Waals surface area contributed by atoms with Crippen LogP contribution >= 0.6 is 0 Å². The Labute approximate surface area is 67.5 Å². The lowest BCUT2D eigenvalue weighted by Crippen LogP contribution is -2.31.